The molecule has 5 heteroatoms. The van der Waals surface area contributed by atoms with E-state index in [0.717, 1.165) is 39.3 Å². The fraction of sp³-hybridized carbons (Fsp3) is 0.625. The lowest BCUT2D eigenvalue weighted by Gasteiger charge is -2.46. The second-order valence-corrected chi connectivity index (χ2v) is 6.36. The monoisotopic (exact) mass is 295 g/mol. The van der Waals surface area contributed by atoms with Gasteiger partial charge in [-0.3, -0.25) is 9.80 Å². The molecule has 0 unspecified atom stereocenters. The molecule has 0 spiro atoms. The molecule has 0 N–H and O–H groups in total. The highest BCUT2D eigenvalue weighted by Gasteiger charge is 2.31. The van der Waals surface area contributed by atoms with Gasteiger partial charge in [-0.2, -0.15) is 0 Å². The van der Waals surface area contributed by atoms with Crippen LogP contribution >= 0.6 is 0 Å². The Balaban J connectivity index is 1.67. The molecule has 116 valence electrons. The molecule has 0 amide bonds. The number of piperazine rings is 2. The van der Waals surface area contributed by atoms with Gasteiger partial charge in [0, 0.05) is 57.4 Å². The maximum Gasteiger partial charge on any atom is 0.163 e. The summed E-state index contributed by atoms with van der Waals surface area (Å²) in [5.41, 5.74) is 0.839. The van der Waals surface area contributed by atoms with Crippen LogP contribution in [-0.2, 0) is 6.54 Å². The van der Waals surface area contributed by atoms with Crippen molar-refractivity contribution in [2.45, 2.75) is 19.5 Å². The van der Waals surface area contributed by atoms with Crippen molar-refractivity contribution in [3.05, 3.63) is 34.9 Å². The van der Waals surface area contributed by atoms with Gasteiger partial charge in [0.25, 0.3) is 0 Å². The molecule has 1 atom stereocenters. The standard InChI is InChI=1S/C16H23F2N3/c1-12-3-4-13(16(18)15(12)17)9-20-6-8-21-7-5-19(2)10-14(21)11-20/h3-4,14H,5-11H2,1-2H3/t14-/m1/s1. The van der Waals surface area contributed by atoms with Crippen LogP contribution < -0.4 is 0 Å². The van der Waals surface area contributed by atoms with Gasteiger partial charge in [0.05, 0.1) is 0 Å². The van der Waals surface area contributed by atoms with E-state index in [2.05, 4.69) is 21.7 Å². The van der Waals surface area contributed by atoms with Gasteiger partial charge in [0.1, 0.15) is 0 Å². The number of likely N-dealkylation sites (N-methyl/N-ethyl adjacent to an activating group) is 1. The quantitative estimate of drug-likeness (QED) is 0.822. The van der Waals surface area contributed by atoms with E-state index in [-0.39, 0.29) is 0 Å². The van der Waals surface area contributed by atoms with Crippen molar-refractivity contribution in [1.82, 2.24) is 14.7 Å². The van der Waals surface area contributed by atoms with Crippen molar-refractivity contribution in [2.75, 3.05) is 46.3 Å². The first-order valence-corrected chi connectivity index (χ1v) is 7.63. The van der Waals surface area contributed by atoms with Gasteiger partial charge >= 0.3 is 0 Å². The van der Waals surface area contributed by atoms with Crippen molar-refractivity contribution >= 4 is 0 Å². The molecule has 0 aromatic heterocycles. The Morgan fingerprint density at radius 3 is 2.62 bits per heavy atom. The summed E-state index contributed by atoms with van der Waals surface area (Å²) >= 11 is 0. The third kappa shape index (κ3) is 3.10. The second-order valence-electron chi connectivity index (χ2n) is 6.36. The van der Waals surface area contributed by atoms with Crippen molar-refractivity contribution < 1.29 is 8.78 Å². The molecular weight excluding hydrogens is 272 g/mol. The van der Waals surface area contributed by atoms with Crippen LogP contribution in [0.25, 0.3) is 0 Å². The molecule has 2 aliphatic rings. The van der Waals surface area contributed by atoms with Crippen LogP contribution in [0.2, 0.25) is 0 Å². The Hall–Kier alpha value is -1.04. The Morgan fingerprint density at radius 2 is 1.81 bits per heavy atom. The molecule has 0 saturated carbocycles. The largest absolute Gasteiger partial charge is 0.303 e. The van der Waals surface area contributed by atoms with Crippen LogP contribution in [0.3, 0.4) is 0 Å². The number of rotatable bonds is 2. The Labute approximate surface area is 125 Å². The highest BCUT2D eigenvalue weighted by molar-refractivity contribution is 5.25. The zero-order valence-electron chi connectivity index (χ0n) is 12.8. The minimum Gasteiger partial charge on any atom is -0.303 e. The van der Waals surface area contributed by atoms with E-state index in [4.69, 9.17) is 0 Å². The molecule has 2 fully saturated rings. The van der Waals surface area contributed by atoms with E-state index in [1.807, 2.05) is 0 Å². The molecule has 3 nitrogen and oxygen atoms in total. The number of halogens is 2. The molecule has 0 bridgehead atoms. The second kappa shape index (κ2) is 5.99. The van der Waals surface area contributed by atoms with E-state index in [1.165, 1.54) is 0 Å². The summed E-state index contributed by atoms with van der Waals surface area (Å²) in [6.07, 6.45) is 0. The molecule has 0 aliphatic carbocycles. The smallest absolute Gasteiger partial charge is 0.163 e. The molecule has 1 aromatic carbocycles. The summed E-state index contributed by atoms with van der Waals surface area (Å²) in [5, 5.41) is 0. The number of benzene rings is 1. The van der Waals surface area contributed by atoms with Gasteiger partial charge in [-0.1, -0.05) is 12.1 Å². The summed E-state index contributed by atoms with van der Waals surface area (Å²) in [6.45, 7) is 8.26. The van der Waals surface area contributed by atoms with Crippen LogP contribution in [0.5, 0.6) is 0 Å². The first-order chi connectivity index (χ1) is 10.0. The minimum atomic E-state index is -0.705. The van der Waals surface area contributed by atoms with Crippen molar-refractivity contribution in [3.8, 4) is 0 Å². The minimum absolute atomic E-state index is 0.370. The first kappa shape index (κ1) is 14.9. The number of nitrogens with zero attached hydrogens (tertiary/aromatic N) is 3. The molecule has 2 saturated heterocycles. The Kier molecular flexibility index (Phi) is 4.24. The number of hydrogen-bond acceptors (Lipinski definition) is 3. The molecular formula is C16H23F2N3. The van der Waals surface area contributed by atoms with E-state index in [9.17, 15) is 8.78 Å². The number of fused-ring (bicyclic) bond motifs is 1. The molecule has 21 heavy (non-hydrogen) atoms. The van der Waals surface area contributed by atoms with Crippen LogP contribution in [-0.4, -0.2) is 67.1 Å². The lowest BCUT2D eigenvalue weighted by atomic mass is 10.1. The predicted molar refractivity (Wildman–Crippen MR) is 79.2 cm³/mol. The van der Waals surface area contributed by atoms with Gasteiger partial charge in [-0.05, 0) is 19.5 Å². The van der Waals surface area contributed by atoms with E-state index in [0.29, 0.717) is 23.7 Å². The van der Waals surface area contributed by atoms with Gasteiger partial charge in [-0.25, -0.2) is 8.78 Å². The molecule has 2 aliphatic heterocycles. The predicted octanol–water partition coefficient (Wildman–Crippen LogP) is 1.70. The van der Waals surface area contributed by atoms with Gasteiger partial charge in [0.2, 0.25) is 0 Å². The van der Waals surface area contributed by atoms with Crippen LogP contribution in [0.1, 0.15) is 11.1 Å². The Morgan fingerprint density at radius 1 is 1.05 bits per heavy atom. The Bertz CT molecular complexity index is 520. The third-order valence-corrected chi connectivity index (χ3v) is 4.73. The maximum atomic E-state index is 14.0. The summed E-state index contributed by atoms with van der Waals surface area (Å²) in [6, 6.07) is 3.89. The molecule has 1 aromatic rings. The summed E-state index contributed by atoms with van der Waals surface area (Å²) in [4.78, 5) is 7.10. The highest BCUT2D eigenvalue weighted by atomic mass is 19.2. The highest BCUT2D eigenvalue weighted by Crippen LogP contribution is 2.20. The van der Waals surface area contributed by atoms with Crippen LogP contribution in [0, 0.1) is 18.6 Å². The van der Waals surface area contributed by atoms with Gasteiger partial charge in [0.15, 0.2) is 11.6 Å². The van der Waals surface area contributed by atoms with E-state index >= 15 is 0 Å². The fourth-order valence-electron chi connectivity index (χ4n) is 3.37. The first-order valence-electron chi connectivity index (χ1n) is 7.63. The van der Waals surface area contributed by atoms with Crippen LogP contribution in [0.4, 0.5) is 8.78 Å². The average Bonchev–Trinajstić information content (AvgIpc) is 2.47. The third-order valence-electron chi connectivity index (χ3n) is 4.73. The van der Waals surface area contributed by atoms with Crippen molar-refractivity contribution in [2.24, 2.45) is 0 Å². The summed E-state index contributed by atoms with van der Waals surface area (Å²) < 4.78 is 27.6. The molecule has 3 rings (SSSR count). The lowest BCUT2D eigenvalue weighted by molar-refractivity contribution is 0.0171. The molecule has 2 heterocycles. The topological polar surface area (TPSA) is 9.72 Å². The van der Waals surface area contributed by atoms with Crippen molar-refractivity contribution in [3.63, 3.8) is 0 Å². The SMILES string of the molecule is Cc1ccc(CN2CCN3CCN(C)C[C@@H]3C2)c(F)c1F. The average molecular weight is 295 g/mol. The van der Waals surface area contributed by atoms with Crippen LogP contribution in [0.15, 0.2) is 12.1 Å². The molecule has 0 radical (unpaired) electrons. The zero-order chi connectivity index (χ0) is 15.0. The van der Waals surface area contributed by atoms with E-state index < -0.39 is 11.6 Å². The van der Waals surface area contributed by atoms with E-state index in [1.54, 1.807) is 19.1 Å². The van der Waals surface area contributed by atoms with Gasteiger partial charge in [-0.15, -0.1) is 0 Å². The number of aryl methyl sites for hydroxylation is 1. The lowest BCUT2D eigenvalue weighted by Crippen LogP contribution is -2.61. The number of hydrogen-bond donors (Lipinski definition) is 0. The fourth-order valence-corrected chi connectivity index (χ4v) is 3.37. The summed E-state index contributed by atoms with van der Waals surface area (Å²) in [7, 11) is 2.14. The summed E-state index contributed by atoms with van der Waals surface area (Å²) in [5.74, 6) is -1.39. The van der Waals surface area contributed by atoms with Crippen molar-refractivity contribution in [1.29, 1.82) is 0 Å². The zero-order valence-corrected chi connectivity index (χ0v) is 12.8. The normalized spacial score (nSPS) is 25.0. The maximum absolute atomic E-state index is 14.0. The van der Waals surface area contributed by atoms with Gasteiger partial charge < -0.3 is 4.90 Å².